The molecule has 0 amide bonds. The number of alkyl halides is 1. The average Bonchev–Trinajstić information content (AvgIpc) is 3.42. The minimum Gasteiger partial charge on any atom is -0.459 e. The van der Waals surface area contributed by atoms with E-state index in [0.29, 0.717) is 24.6 Å². The molecule has 4 nitrogen and oxygen atoms in total. The molecular formula is C42H73BrO4. The zero-order chi connectivity index (χ0) is 34.1. The maximum atomic E-state index is 12.4. The summed E-state index contributed by atoms with van der Waals surface area (Å²) in [7, 11) is 0. The molecule has 0 aromatic heterocycles. The Bertz CT molecular complexity index is 784. The number of unbranched alkanes of at least 4 members (excludes halogenated alkanes) is 18. The zero-order valence-corrected chi connectivity index (χ0v) is 32.2. The van der Waals surface area contributed by atoms with Crippen LogP contribution in [0.15, 0.2) is 48.6 Å². The summed E-state index contributed by atoms with van der Waals surface area (Å²) in [6.07, 6.45) is 48.0. The highest BCUT2D eigenvalue weighted by Crippen LogP contribution is 2.30. The Morgan fingerprint density at radius 1 is 0.638 bits per heavy atom. The fourth-order valence-corrected chi connectivity index (χ4v) is 6.50. The first kappa shape index (κ1) is 43.9. The van der Waals surface area contributed by atoms with Crippen molar-refractivity contribution >= 4 is 21.9 Å². The van der Waals surface area contributed by atoms with E-state index in [1.807, 2.05) is 0 Å². The Balaban J connectivity index is 2.22. The summed E-state index contributed by atoms with van der Waals surface area (Å²) in [5.41, 5.74) is 0. The molecule has 0 bridgehead atoms. The molecule has 0 saturated carbocycles. The molecule has 1 heterocycles. The Morgan fingerprint density at radius 2 is 1.02 bits per heavy atom. The minimum absolute atomic E-state index is 0.166. The van der Waals surface area contributed by atoms with Gasteiger partial charge in [-0.3, -0.25) is 0 Å². The number of ether oxygens (including phenoxy) is 2. The van der Waals surface area contributed by atoms with E-state index in [1.54, 1.807) is 0 Å². The van der Waals surface area contributed by atoms with Crippen LogP contribution in [0.2, 0.25) is 0 Å². The normalized spacial score (nSPS) is 17.4. The van der Waals surface area contributed by atoms with Crippen molar-refractivity contribution in [2.24, 2.45) is 0 Å². The van der Waals surface area contributed by atoms with Crippen molar-refractivity contribution in [1.29, 1.82) is 0 Å². The lowest BCUT2D eigenvalue weighted by molar-refractivity contribution is -0.236. The Hall–Kier alpha value is -1.17. The summed E-state index contributed by atoms with van der Waals surface area (Å²) in [4.78, 5) is 12.4. The van der Waals surface area contributed by atoms with Crippen LogP contribution in [0, 0.1) is 0 Å². The number of hydrogen-bond donors (Lipinski definition) is 1. The van der Waals surface area contributed by atoms with Gasteiger partial charge in [-0.2, -0.15) is 0 Å². The number of cyclic esters (lactones) is 1. The van der Waals surface area contributed by atoms with E-state index < -0.39 is 11.9 Å². The second kappa shape index (κ2) is 32.1. The van der Waals surface area contributed by atoms with Gasteiger partial charge in [0.15, 0.2) is 11.9 Å². The smallest absolute Gasteiger partial charge is 0.335 e. The van der Waals surface area contributed by atoms with E-state index in [0.717, 1.165) is 38.5 Å². The Labute approximate surface area is 299 Å². The van der Waals surface area contributed by atoms with E-state index in [9.17, 15) is 9.90 Å². The molecule has 2 atom stereocenters. The molecule has 1 rings (SSSR count). The second-order valence-electron chi connectivity index (χ2n) is 13.7. The van der Waals surface area contributed by atoms with Crippen LogP contribution in [-0.4, -0.2) is 34.4 Å². The van der Waals surface area contributed by atoms with Crippen LogP contribution in [0.5, 0.6) is 0 Å². The van der Waals surface area contributed by atoms with Gasteiger partial charge in [0.1, 0.15) is 6.10 Å². The van der Waals surface area contributed by atoms with Crippen molar-refractivity contribution in [3.63, 3.8) is 0 Å². The first-order chi connectivity index (χ1) is 23.0. The predicted molar refractivity (Wildman–Crippen MR) is 206 cm³/mol. The van der Waals surface area contributed by atoms with E-state index in [1.165, 1.54) is 116 Å². The lowest BCUT2D eigenvalue weighted by Gasteiger charge is -2.30. The van der Waals surface area contributed by atoms with Crippen molar-refractivity contribution < 1.29 is 19.4 Å². The van der Waals surface area contributed by atoms with Gasteiger partial charge in [-0.05, 0) is 77.0 Å². The summed E-state index contributed by atoms with van der Waals surface area (Å²) in [6, 6.07) is 0. The number of aliphatic hydroxyl groups is 1. The third-order valence-corrected chi connectivity index (χ3v) is 9.81. The molecule has 1 N–H and O–H groups in total. The highest BCUT2D eigenvalue weighted by Gasteiger charge is 2.40. The average molecular weight is 722 g/mol. The molecule has 47 heavy (non-hydrogen) atoms. The number of allylic oxidation sites excluding steroid dienone is 8. The van der Waals surface area contributed by atoms with Gasteiger partial charge in [0, 0.05) is 24.6 Å². The minimum atomic E-state index is -1.24. The summed E-state index contributed by atoms with van der Waals surface area (Å²) in [5, 5.41) is 12.1. The molecule has 1 fully saturated rings. The number of rotatable bonds is 33. The molecule has 0 unspecified atom stereocenters. The first-order valence-corrected chi connectivity index (χ1v) is 20.9. The van der Waals surface area contributed by atoms with Crippen LogP contribution < -0.4 is 0 Å². The number of esters is 1. The van der Waals surface area contributed by atoms with Crippen LogP contribution in [0.1, 0.15) is 187 Å². The summed E-state index contributed by atoms with van der Waals surface area (Å²) in [5.74, 6) is -1.57. The van der Waals surface area contributed by atoms with E-state index in [-0.39, 0.29) is 12.1 Å². The van der Waals surface area contributed by atoms with Crippen molar-refractivity contribution in [2.75, 3.05) is 5.33 Å². The van der Waals surface area contributed by atoms with Crippen molar-refractivity contribution in [2.45, 2.75) is 205 Å². The lowest BCUT2D eigenvalue weighted by atomic mass is 9.98. The fraction of sp³-hybridized carbons (Fsp3) is 0.786. The number of hydrogen-bond acceptors (Lipinski definition) is 4. The number of carbonyl (C=O) groups is 1. The Kier molecular flexibility index (Phi) is 29.9. The van der Waals surface area contributed by atoms with Crippen LogP contribution in [-0.2, 0) is 14.3 Å². The van der Waals surface area contributed by atoms with Gasteiger partial charge in [-0.1, -0.05) is 155 Å². The summed E-state index contributed by atoms with van der Waals surface area (Å²) >= 11 is 3.41. The molecule has 1 aliphatic heterocycles. The van der Waals surface area contributed by atoms with Crippen molar-refractivity contribution in [3.05, 3.63) is 48.6 Å². The van der Waals surface area contributed by atoms with Gasteiger partial charge < -0.3 is 14.6 Å². The van der Waals surface area contributed by atoms with Gasteiger partial charge >= 0.3 is 5.97 Å². The molecule has 0 aromatic rings. The number of halogens is 1. The highest BCUT2D eigenvalue weighted by molar-refractivity contribution is 9.09. The molecule has 5 heteroatoms. The van der Waals surface area contributed by atoms with Crippen molar-refractivity contribution in [1.82, 2.24) is 0 Å². The SMILES string of the molecule is CCCCC/C=C\C/C=C\CCCCCCCCC(O)(CCCCCCCC/C=C\C/C=C\CCCCC)O[C@@H]1C[C@@H](CBr)OC1=O. The fourth-order valence-electron chi connectivity index (χ4n) is 6.10. The molecular weight excluding hydrogens is 648 g/mol. The van der Waals surface area contributed by atoms with Gasteiger partial charge in [-0.25, -0.2) is 4.79 Å². The summed E-state index contributed by atoms with van der Waals surface area (Å²) in [6.45, 7) is 4.50. The molecule has 0 radical (unpaired) electrons. The largest absolute Gasteiger partial charge is 0.459 e. The van der Waals surface area contributed by atoms with Crippen LogP contribution >= 0.6 is 15.9 Å². The predicted octanol–water partition coefficient (Wildman–Crippen LogP) is 13.2. The molecule has 0 spiro atoms. The molecule has 0 aliphatic carbocycles. The second-order valence-corrected chi connectivity index (χ2v) is 14.3. The third-order valence-electron chi connectivity index (χ3n) is 9.09. The topological polar surface area (TPSA) is 55.8 Å². The molecule has 272 valence electrons. The van der Waals surface area contributed by atoms with Crippen LogP contribution in [0.3, 0.4) is 0 Å². The highest BCUT2D eigenvalue weighted by atomic mass is 79.9. The van der Waals surface area contributed by atoms with Crippen molar-refractivity contribution in [3.8, 4) is 0 Å². The molecule has 1 saturated heterocycles. The lowest BCUT2D eigenvalue weighted by Crippen LogP contribution is -2.38. The molecule has 0 aromatic carbocycles. The van der Waals surface area contributed by atoms with Crippen LogP contribution in [0.4, 0.5) is 0 Å². The van der Waals surface area contributed by atoms with Gasteiger partial charge in [-0.15, -0.1) is 0 Å². The van der Waals surface area contributed by atoms with Crippen LogP contribution in [0.25, 0.3) is 0 Å². The first-order valence-electron chi connectivity index (χ1n) is 19.8. The zero-order valence-electron chi connectivity index (χ0n) is 30.6. The van der Waals surface area contributed by atoms with Gasteiger partial charge in [0.2, 0.25) is 0 Å². The maximum absolute atomic E-state index is 12.4. The van der Waals surface area contributed by atoms with E-state index >= 15 is 0 Å². The van der Waals surface area contributed by atoms with Gasteiger partial charge in [0.05, 0.1) is 0 Å². The maximum Gasteiger partial charge on any atom is 0.335 e. The monoisotopic (exact) mass is 720 g/mol. The third kappa shape index (κ3) is 26.4. The Morgan fingerprint density at radius 3 is 1.40 bits per heavy atom. The molecule has 1 aliphatic rings. The quantitative estimate of drug-likeness (QED) is 0.0241. The summed E-state index contributed by atoms with van der Waals surface area (Å²) < 4.78 is 11.5. The standard InChI is InChI=1S/C42H73BrO4/c1-3-5-7-9-11-13-15-17-19-21-23-25-27-29-31-33-35-42(45,47-40-37-39(38-43)46-41(40)44)36-34-32-30-28-26-24-22-20-18-16-14-12-10-8-6-4-2/h11-14,17-20,39-40,45H,3-10,15-16,21-38H2,1-2H3/b13-11-,14-12-,19-17-,20-18-/t39-,40+/m0/s1. The van der Waals surface area contributed by atoms with E-state index in [2.05, 4.69) is 78.4 Å². The van der Waals surface area contributed by atoms with E-state index in [4.69, 9.17) is 9.47 Å². The van der Waals surface area contributed by atoms with Gasteiger partial charge in [0.25, 0.3) is 0 Å². The number of carbonyl (C=O) groups excluding carboxylic acids is 1.